The van der Waals surface area contributed by atoms with Crippen molar-refractivity contribution in [3.63, 3.8) is 0 Å². The molecule has 1 aliphatic carbocycles. The van der Waals surface area contributed by atoms with Crippen molar-refractivity contribution in [3.05, 3.63) is 89.4 Å². The number of aryl methyl sites for hydroxylation is 2. The Morgan fingerprint density at radius 1 is 1.06 bits per heavy atom. The molecule has 0 bridgehead atoms. The molecule has 4 aromatic rings. The van der Waals surface area contributed by atoms with E-state index in [0.717, 1.165) is 46.7 Å². The first-order valence-corrected chi connectivity index (χ1v) is 11.8. The predicted molar refractivity (Wildman–Crippen MR) is 134 cm³/mol. The lowest BCUT2D eigenvalue weighted by Gasteiger charge is -2.34. The number of hydrogen-bond donors (Lipinski definition) is 2. The fourth-order valence-electron chi connectivity index (χ4n) is 4.62. The van der Waals surface area contributed by atoms with Crippen molar-refractivity contribution in [2.75, 3.05) is 15.5 Å². The molecule has 2 N–H and O–H groups in total. The van der Waals surface area contributed by atoms with Crippen LogP contribution in [-0.2, 0) is 16.8 Å². The molecule has 0 radical (unpaired) electrons. The maximum absolute atomic E-state index is 13.8. The summed E-state index contributed by atoms with van der Waals surface area (Å²) in [5, 5.41) is 6.04. The summed E-state index contributed by atoms with van der Waals surface area (Å²) in [6, 6.07) is 12.6. The molecule has 0 saturated heterocycles. The second-order valence-corrected chi connectivity index (χ2v) is 9.29. The van der Waals surface area contributed by atoms with Crippen LogP contribution in [0.2, 0.25) is 0 Å². The Morgan fingerprint density at radius 2 is 1.89 bits per heavy atom. The molecule has 9 nitrogen and oxygen atoms in total. The van der Waals surface area contributed by atoms with Gasteiger partial charge in [0.2, 0.25) is 11.9 Å². The highest BCUT2D eigenvalue weighted by atomic mass is 16.3. The lowest BCUT2D eigenvalue weighted by atomic mass is 9.91. The highest BCUT2D eigenvalue weighted by molar-refractivity contribution is 6.06. The second-order valence-electron chi connectivity index (χ2n) is 9.29. The van der Waals surface area contributed by atoms with Crippen LogP contribution in [0.3, 0.4) is 0 Å². The van der Waals surface area contributed by atoms with Crippen LogP contribution >= 0.6 is 0 Å². The van der Waals surface area contributed by atoms with Crippen LogP contribution in [0, 0.1) is 13.8 Å². The summed E-state index contributed by atoms with van der Waals surface area (Å²) in [6.07, 6.45) is 6.47. The van der Waals surface area contributed by atoms with Crippen molar-refractivity contribution in [2.45, 2.75) is 38.6 Å². The zero-order valence-electron chi connectivity index (χ0n) is 19.9. The molecule has 1 saturated carbocycles. The number of hydrogen-bond acceptors (Lipinski definition) is 7. The molecule has 1 fully saturated rings. The molecule has 9 heteroatoms. The van der Waals surface area contributed by atoms with E-state index in [1.807, 2.05) is 44.2 Å². The molecule has 0 atom stereocenters. The van der Waals surface area contributed by atoms with Crippen molar-refractivity contribution in [1.29, 1.82) is 0 Å². The van der Waals surface area contributed by atoms with Gasteiger partial charge in [0, 0.05) is 28.8 Å². The van der Waals surface area contributed by atoms with E-state index in [4.69, 9.17) is 9.40 Å². The number of nitrogens with one attached hydrogen (secondary N) is 2. The summed E-state index contributed by atoms with van der Waals surface area (Å²) in [5.41, 5.74) is 5.06. The van der Waals surface area contributed by atoms with E-state index in [9.17, 15) is 9.59 Å². The van der Waals surface area contributed by atoms with E-state index < -0.39 is 5.41 Å². The number of anilines is 4. The topological polar surface area (TPSA) is 113 Å². The Labute approximate surface area is 207 Å². The Hall–Kier alpha value is -4.53. The minimum atomic E-state index is -0.641. The van der Waals surface area contributed by atoms with Gasteiger partial charge in [0.15, 0.2) is 5.76 Å². The van der Waals surface area contributed by atoms with Gasteiger partial charge in [-0.05, 0) is 68.7 Å². The Morgan fingerprint density at radius 3 is 2.61 bits per heavy atom. The van der Waals surface area contributed by atoms with Crippen LogP contribution < -0.4 is 15.5 Å². The SMILES string of the molecule is Cc1ccc(Nc2ncc3c(n2)C2(CC2)C(=O)N(c2cc(NC(=O)c4ccco4)ccc2C)C3)cn1. The maximum Gasteiger partial charge on any atom is 0.291 e. The Balaban J connectivity index is 1.29. The molecular weight excluding hydrogens is 456 g/mol. The van der Waals surface area contributed by atoms with Crippen LogP contribution in [0.15, 0.2) is 65.5 Å². The fourth-order valence-corrected chi connectivity index (χ4v) is 4.62. The molecule has 1 aliphatic heterocycles. The Bertz CT molecular complexity index is 1480. The summed E-state index contributed by atoms with van der Waals surface area (Å²) >= 11 is 0. The number of benzene rings is 1. The zero-order chi connectivity index (χ0) is 24.9. The van der Waals surface area contributed by atoms with E-state index in [1.165, 1.54) is 6.26 Å². The molecule has 2 amide bonds. The number of aromatic nitrogens is 3. The van der Waals surface area contributed by atoms with Crippen molar-refractivity contribution in [3.8, 4) is 0 Å². The first-order valence-electron chi connectivity index (χ1n) is 11.8. The normalized spacial score (nSPS) is 15.5. The van der Waals surface area contributed by atoms with Gasteiger partial charge in [-0.25, -0.2) is 9.97 Å². The van der Waals surface area contributed by atoms with Gasteiger partial charge >= 0.3 is 0 Å². The van der Waals surface area contributed by atoms with Crippen molar-refractivity contribution >= 4 is 34.8 Å². The number of carbonyl (C=O) groups excluding carboxylic acids is 2. The zero-order valence-corrected chi connectivity index (χ0v) is 19.9. The number of pyridine rings is 1. The number of nitrogens with zero attached hydrogens (tertiary/aromatic N) is 4. The lowest BCUT2D eigenvalue weighted by molar-refractivity contribution is -0.121. The molecule has 1 spiro atoms. The molecule has 180 valence electrons. The van der Waals surface area contributed by atoms with E-state index in [1.54, 1.807) is 29.4 Å². The van der Waals surface area contributed by atoms with Crippen LogP contribution in [0.5, 0.6) is 0 Å². The van der Waals surface area contributed by atoms with Gasteiger partial charge in [0.1, 0.15) is 0 Å². The van der Waals surface area contributed by atoms with Gasteiger partial charge in [-0.15, -0.1) is 0 Å². The Kier molecular flexibility index (Phi) is 5.06. The third kappa shape index (κ3) is 3.78. The standard InChI is InChI=1S/C27H24N6O3/c1-16-5-7-19(30-24(34)22-4-3-11-36-22)12-21(16)33-15-18-13-29-26(31-20-8-6-17(2)28-14-20)32-23(18)27(9-10-27)25(33)35/h3-8,11-14H,9-10,15H2,1-2H3,(H,30,34)(H,29,31,32). The summed E-state index contributed by atoms with van der Waals surface area (Å²) in [6.45, 7) is 4.24. The van der Waals surface area contributed by atoms with Crippen LogP contribution in [0.25, 0.3) is 0 Å². The molecule has 0 unspecified atom stereocenters. The van der Waals surface area contributed by atoms with Gasteiger partial charge in [-0.3, -0.25) is 14.6 Å². The average molecular weight is 481 g/mol. The number of carbonyl (C=O) groups is 2. The highest BCUT2D eigenvalue weighted by Gasteiger charge is 2.58. The quantitative estimate of drug-likeness (QED) is 0.427. The van der Waals surface area contributed by atoms with Gasteiger partial charge in [-0.1, -0.05) is 6.07 Å². The number of amides is 2. The molecule has 6 rings (SSSR count). The fraction of sp³-hybridized carbons (Fsp3) is 0.222. The van der Waals surface area contributed by atoms with Gasteiger partial charge in [-0.2, -0.15) is 0 Å². The molecule has 2 aliphatic rings. The van der Waals surface area contributed by atoms with Gasteiger partial charge in [0.25, 0.3) is 5.91 Å². The van der Waals surface area contributed by atoms with E-state index in [2.05, 4.69) is 20.6 Å². The third-order valence-electron chi connectivity index (χ3n) is 6.72. The minimum Gasteiger partial charge on any atom is -0.459 e. The van der Waals surface area contributed by atoms with E-state index in [-0.39, 0.29) is 17.6 Å². The first-order chi connectivity index (χ1) is 17.4. The molecule has 36 heavy (non-hydrogen) atoms. The summed E-state index contributed by atoms with van der Waals surface area (Å²) < 4.78 is 5.18. The van der Waals surface area contributed by atoms with Gasteiger partial charge < -0.3 is 20.0 Å². The van der Waals surface area contributed by atoms with E-state index >= 15 is 0 Å². The number of furan rings is 1. The largest absolute Gasteiger partial charge is 0.459 e. The number of rotatable bonds is 5. The molecule has 3 aromatic heterocycles. The highest BCUT2D eigenvalue weighted by Crippen LogP contribution is 2.53. The smallest absolute Gasteiger partial charge is 0.291 e. The second kappa shape index (κ2) is 8.30. The van der Waals surface area contributed by atoms with Crippen LogP contribution in [0.4, 0.5) is 23.0 Å². The predicted octanol–water partition coefficient (Wildman–Crippen LogP) is 4.66. The minimum absolute atomic E-state index is 0.0225. The van der Waals surface area contributed by atoms with Crippen molar-refractivity contribution in [1.82, 2.24) is 15.0 Å². The lowest BCUT2D eigenvalue weighted by Crippen LogP contribution is -2.45. The average Bonchev–Trinajstić information content (AvgIpc) is 3.48. The summed E-state index contributed by atoms with van der Waals surface area (Å²) in [7, 11) is 0. The van der Waals surface area contributed by atoms with Crippen molar-refractivity contribution < 1.29 is 14.0 Å². The number of fused-ring (bicyclic) bond motifs is 2. The third-order valence-corrected chi connectivity index (χ3v) is 6.72. The first kappa shape index (κ1) is 22.0. The van der Waals surface area contributed by atoms with E-state index in [0.29, 0.717) is 18.2 Å². The summed E-state index contributed by atoms with van der Waals surface area (Å²) in [5.74, 6) is 0.348. The monoisotopic (exact) mass is 480 g/mol. The van der Waals surface area contributed by atoms with Gasteiger partial charge in [0.05, 0.1) is 35.8 Å². The molecule has 1 aromatic carbocycles. The maximum atomic E-state index is 13.8. The van der Waals surface area contributed by atoms with Crippen LogP contribution in [-0.4, -0.2) is 26.8 Å². The molecule has 4 heterocycles. The van der Waals surface area contributed by atoms with Crippen molar-refractivity contribution in [2.24, 2.45) is 0 Å². The molecular formula is C27H24N6O3. The van der Waals surface area contributed by atoms with Crippen LogP contribution in [0.1, 0.15) is 45.9 Å². The summed E-state index contributed by atoms with van der Waals surface area (Å²) in [4.78, 5) is 41.6.